The molecule has 98 valence electrons. The van der Waals surface area contributed by atoms with Crippen molar-refractivity contribution < 1.29 is 4.74 Å². The summed E-state index contributed by atoms with van der Waals surface area (Å²) in [6.45, 7) is 3.00. The van der Waals surface area contributed by atoms with Gasteiger partial charge >= 0.3 is 0 Å². The molecule has 1 aromatic carbocycles. The molecule has 1 fully saturated rings. The summed E-state index contributed by atoms with van der Waals surface area (Å²) in [6.07, 6.45) is 3.65. The standard InChI is InChI=1S/C15H21NOS/c1-11-4-2-5-13-14(6-3-8-17-15(11)13)16-12-7-9-18-10-12/h2,4-5,12,14,16H,3,6-10H2,1H3. The van der Waals surface area contributed by atoms with E-state index in [0.717, 1.165) is 18.8 Å². The van der Waals surface area contributed by atoms with Crippen LogP contribution in [-0.4, -0.2) is 24.2 Å². The molecule has 2 nitrogen and oxygen atoms in total. The van der Waals surface area contributed by atoms with Crippen molar-refractivity contribution in [1.29, 1.82) is 0 Å². The molecule has 0 aliphatic carbocycles. The van der Waals surface area contributed by atoms with Gasteiger partial charge in [0, 0.05) is 23.4 Å². The Bertz CT molecular complexity index is 415. The zero-order valence-electron chi connectivity index (χ0n) is 10.9. The maximum Gasteiger partial charge on any atom is 0.126 e. The number of benzene rings is 1. The maximum atomic E-state index is 5.93. The summed E-state index contributed by atoms with van der Waals surface area (Å²) in [6, 6.07) is 7.69. The molecular formula is C15H21NOS. The number of thioether (sulfide) groups is 1. The Balaban J connectivity index is 1.84. The van der Waals surface area contributed by atoms with Gasteiger partial charge in [0.15, 0.2) is 0 Å². The van der Waals surface area contributed by atoms with E-state index in [-0.39, 0.29) is 0 Å². The zero-order valence-corrected chi connectivity index (χ0v) is 11.8. The van der Waals surface area contributed by atoms with Gasteiger partial charge in [0.05, 0.1) is 6.61 Å². The quantitative estimate of drug-likeness (QED) is 0.884. The first kappa shape index (κ1) is 12.4. The minimum atomic E-state index is 0.478. The van der Waals surface area contributed by atoms with Crippen LogP contribution in [-0.2, 0) is 0 Å². The summed E-state index contributed by atoms with van der Waals surface area (Å²) in [4.78, 5) is 0. The molecule has 2 atom stereocenters. The predicted octanol–water partition coefficient (Wildman–Crippen LogP) is 3.30. The van der Waals surface area contributed by atoms with Gasteiger partial charge in [-0.3, -0.25) is 0 Å². The van der Waals surface area contributed by atoms with Crippen LogP contribution in [0, 0.1) is 6.92 Å². The number of fused-ring (bicyclic) bond motifs is 1. The average Bonchev–Trinajstić information content (AvgIpc) is 2.79. The first-order valence-electron chi connectivity index (χ1n) is 6.90. The minimum Gasteiger partial charge on any atom is -0.493 e. The molecule has 0 bridgehead atoms. The van der Waals surface area contributed by atoms with Crippen LogP contribution in [0.5, 0.6) is 5.75 Å². The molecule has 18 heavy (non-hydrogen) atoms. The Morgan fingerprint density at radius 2 is 2.28 bits per heavy atom. The van der Waals surface area contributed by atoms with Crippen molar-refractivity contribution in [2.75, 3.05) is 18.1 Å². The second-order valence-corrected chi connectivity index (χ2v) is 6.41. The summed E-state index contributed by atoms with van der Waals surface area (Å²) in [7, 11) is 0. The zero-order chi connectivity index (χ0) is 12.4. The van der Waals surface area contributed by atoms with E-state index in [1.807, 2.05) is 0 Å². The summed E-state index contributed by atoms with van der Waals surface area (Å²) < 4.78 is 5.93. The third kappa shape index (κ3) is 2.52. The van der Waals surface area contributed by atoms with Gasteiger partial charge in [-0.15, -0.1) is 0 Å². The van der Waals surface area contributed by atoms with Crippen molar-refractivity contribution in [2.24, 2.45) is 0 Å². The number of para-hydroxylation sites is 1. The summed E-state index contributed by atoms with van der Waals surface area (Å²) in [5, 5.41) is 3.84. The van der Waals surface area contributed by atoms with E-state index in [1.54, 1.807) is 0 Å². The van der Waals surface area contributed by atoms with Gasteiger partial charge < -0.3 is 10.1 Å². The lowest BCUT2D eigenvalue weighted by Crippen LogP contribution is -2.32. The number of ether oxygens (including phenoxy) is 1. The highest BCUT2D eigenvalue weighted by atomic mass is 32.2. The van der Waals surface area contributed by atoms with Crippen molar-refractivity contribution in [1.82, 2.24) is 5.32 Å². The van der Waals surface area contributed by atoms with E-state index >= 15 is 0 Å². The summed E-state index contributed by atoms with van der Waals surface area (Å²) >= 11 is 2.07. The van der Waals surface area contributed by atoms with Gasteiger partial charge in [0.25, 0.3) is 0 Å². The molecule has 3 heteroatoms. The summed E-state index contributed by atoms with van der Waals surface area (Å²) in [5.74, 6) is 3.69. The Hall–Kier alpha value is -0.670. The SMILES string of the molecule is Cc1cccc2c1OCCCC2NC1CCSC1. The number of hydrogen-bond donors (Lipinski definition) is 1. The Kier molecular flexibility index (Phi) is 3.80. The Morgan fingerprint density at radius 3 is 3.11 bits per heavy atom. The van der Waals surface area contributed by atoms with Crippen molar-refractivity contribution in [2.45, 2.75) is 38.3 Å². The lowest BCUT2D eigenvalue weighted by atomic mass is 9.99. The third-order valence-electron chi connectivity index (χ3n) is 3.87. The molecular weight excluding hydrogens is 242 g/mol. The normalized spacial score (nSPS) is 27.4. The molecule has 2 unspecified atom stereocenters. The Labute approximate surface area is 113 Å². The van der Waals surface area contributed by atoms with Crippen molar-refractivity contribution >= 4 is 11.8 Å². The number of hydrogen-bond acceptors (Lipinski definition) is 3. The largest absolute Gasteiger partial charge is 0.493 e. The summed E-state index contributed by atoms with van der Waals surface area (Å²) in [5.41, 5.74) is 2.63. The van der Waals surface area contributed by atoms with Gasteiger partial charge in [0.2, 0.25) is 0 Å². The molecule has 1 aromatic rings. The molecule has 0 aromatic heterocycles. The molecule has 1 N–H and O–H groups in total. The topological polar surface area (TPSA) is 21.3 Å². The van der Waals surface area contributed by atoms with Crippen LogP contribution in [0.15, 0.2) is 18.2 Å². The molecule has 0 saturated carbocycles. The molecule has 1 saturated heterocycles. The maximum absolute atomic E-state index is 5.93. The van der Waals surface area contributed by atoms with Gasteiger partial charge in [-0.05, 0) is 37.5 Å². The monoisotopic (exact) mass is 263 g/mol. The van der Waals surface area contributed by atoms with Crippen molar-refractivity contribution in [3.63, 3.8) is 0 Å². The van der Waals surface area contributed by atoms with Crippen LogP contribution in [0.25, 0.3) is 0 Å². The van der Waals surface area contributed by atoms with Crippen LogP contribution in [0.1, 0.15) is 36.4 Å². The number of nitrogens with one attached hydrogen (secondary N) is 1. The van der Waals surface area contributed by atoms with E-state index in [2.05, 4.69) is 42.2 Å². The molecule has 0 amide bonds. The van der Waals surface area contributed by atoms with Crippen LogP contribution in [0.2, 0.25) is 0 Å². The Morgan fingerprint density at radius 1 is 1.33 bits per heavy atom. The van der Waals surface area contributed by atoms with Gasteiger partial charge in [-0.2, -0.15) is 11.8 Å². The van der Waals surface area contributed by atoms with Crippen molar-refractivity contribution in [3.05, 3.63) is 29.3 Å². The third-order valence-corrected chi connectivity index (χ3v) is 5.03. The second kappa shape index (κ2) is 5.54. The lowest BCUT2D eigenvalue weighted by molar-refractivity contribution is 0.312. The van der Waals surface area contributed by atoms with Crippen LogP contribution >= 0.6 is 11.8 Å². The van der Waals surface area contributed by atoms with E-state index in [9.17, 15) is 0 Å². The first-order chi connectivity index (χ1) is 8.84. The van der Waals surface area contributed by atoms with Gasteiger partial charge in [-0.25, -0.2) is 0 Å². The molecule has 3 rings (SSSR count). The highest BCUT2D eigenvalue weighted by Gasteiger charge is 2.24. The molecule has 0 spiro atoms. The second-order valence-electron chi connectivity index (χ2n) is 5.26. The van der Waals surface area contributed by atoms with Gasteiger partial charge in [0.1, 0.15) is 5.75 Å². The van der Waals surface area contributed by atoms with Crippen LogP contribution < -0.4 is 10.1 Å². The lowest BCUT2D eigenvalue weighted by Gasteiger charge is -2.23. The van der Waals surface area contributed by atoms with Gasteiger partial charge in [-0.1, -0.05) is 18.2 Å². The molecule has 0 radical (unpaired) electrons. The van der Waals surface area contributed by atoms with E-state index in [1.165, 1.54) is 35.5 Å². The highest BCUT2D eigenvalue weighted by Crippen LogP contribution is 2.35. The van der Waals surface area contributed by atoms with E-state index in [4.69, 9.17) is 4.74 Å². The minimum absolute atomic E-state index is 0.478. The fraction of sp³-hybridized carbons (Fsp3) is 0.600. The fourth-order valence-corrected chi connectivity index (χ4v) is 4.05. The predicted molar refractivity (Wildman–Crippen MR) is 77.5 cm³/mol. The van der Waals surface area contributed by atoms with Crippen molar-refractivity contribution in [3.8, 4) is 5.75 Å². The van der Waals surface area contributed by atoms with E-state index < -0.39 is 0 Å². The van der Waals surface area contributed by atoms with Crippen LogP contribution in [0.4, 0.5) is 0 Å². The average molecular weight is 263 g/mol. The van der Waals surface area contributed by atoms with Crippen LogP contribution in [0.3, 0.4) is 0 Å². The molecule has 2 aliphatic rings. The highest BCUT2D eigenvalue weighted by molar-refractivity contribution is 7.99. The molecule has 2 aliphatic heterocycles. The van der Waals surface area contributed by atoms with E-state index in [0.29, 0.717) is 12.1 Å². The fourth-order valence-electron chi connectivity index (χ4n) is 2.89. The smallest absolute Gasteiger partial charge is 0.126 e. The molecule has 2 heterocycles. The first-order valence-corrected chi connectivity index (χ1v) is 8.06. The number of rotatable bonds is 2. The number of aryl methyl sites for hydroxylation is 1.